The summed E-state index contributed by atoms with van der Waals surface area (Å²) >= 11 is 2.09. The van der Waals surface area contributed by atoms with E-state index in [1.165, 1.54) is 4.90 Å². The molecule has 0 bridgehead atoms. The van der Waals surface area contributed by atoms with Crippen LogP contribution in [0.25, 0.3) is 0 Å². The van der Waals surface area contributed by atoms with Crippen molar-refractivity contribution in [3.8, 4) is 0 Å². The summed E-state index contributed by atoms with van der Waals surface area (Å²) in [7, 11) is 0. The van der Waals surface area contributed by atoms with Gasteiger partial charge >= 0.3 is 5.97 Å². The van der Waals surface area contributed by atoms with Crippen LogP contribution >= 0.6 is 22.6 Å². The molecule has 1 atom stereocenters. The number of carboxylic acids is 1. The molecule has 0 saturated carbocycles. The molecular formula is C16H12INO3. The average molecular weight is 393 g/mol. The van der Waals surface area contributed by atoms with E-state index in [-0.39, 0.29) is 5.91 Å². The number of rotatable bonds is 2. The number of amides is 1. The van der Waals surface area contributed by atoms with Crippen LogP contribution in [0.1, 0.15) is 15.9 Å². The van der Waals surface area contributed by atoms with Crippen molar-refractivity contribution >= 4 is 40.2 Å². The zero-order valence-electron chi connectivity index (χ0n) is 11.0. The molecule has 5 heteroatoms. The fourth-order valence-electron chi connectivity index (χ4n) is 2.60. The Balaban J connectivity index is 2.08. The molecule has 0 radical (unpaired) electrons. The van der Waals surface area contributed by atoms with Gasteiger partial charge in [-0.05, 0) is 46.4 Å². The molecule has 106 valence electrons. The summed E-state index contributed by atoms with van der Waals surface area (Å²) in [4.78, 5) is 25.7. The Hall–Kier alpha value is -1.89. The van der Waals surface area contributed by atoms with Gasteiger partial charge < -0.3 is 5.11 Å². The van der Waals surface area contributed by atoms with Crippen LogP contribution in [-0.4, -0.2) is 23.0 Å². The number of carbonyl (C=O) groups is 2. The van der Waals surface area contributed by atoms with E-state index in [1.54, 1.807) is 18.2 Å². The molecule has 2 aromatic carbocycles. The molecule has 1 aliphatic heterocycles. The molecule has 0 aliphatic carbocycles. The van der Waals surface area contributed by atoms with Crippen molar-refractivity contribution in [2.24, 2.45) is 0 Å². The van der Waals surface area contributed by atoms with Crippen molar-refractivity contribution in [3.63, 3.8) is 0 Å². The summed E-state index contributed by atoms with van der Waals surface area (Å²) < 4.78 is 0.814. The van der Waals surface area contributed by atoms with Gasteiger partial charge in [0.2, 0.25) is 0 Å². The minimum atomic E-state index is -0.981. The first-order valence-corrected chi connectivity index (χ1v) is 7.56. The lowest BCUT2D eigenvalue weighted by Crippen LogP contribution is -2.43. The Morgan fingerprint density at radius 2 is 1.76 bits per heavy atom. The van der Waals surface area contributed by atoms with Gasteiger partial charge in [-0.25, -0.2) is 4.79 Å². The van der Waals surface area contributed by atoms with E-state index < -0.39 is 12.0 Å². The zero-order chi connectivity index (χ0) is 15.0. The predicted molar refractivity (Wildman–Crippen MR) is 87.5 cm³/mol. The van der Waals surface area contributed by atoms with Crippen molar-refractivity contribution in [1.82, 2.24) is 0 Å². The van der Waals surface area contributed by atoms with Crippen LogP contribution in [0.2, 0.25) is 0 Å². The molecule has 1 aliphatic rings. The highest BCUT2D eigenvalue weighted by Crippen LogP contribution is 2.34. The summed E-state index contributed by atoms with van der Waals surface area (Å²) in [5, 5.41) is 9.43. The van der Waals surface area contributed by atoms with E-state index in [2.05, 4.69) is 22.6 Å². The normalized spacial score (nSPS) is 16.6. The fraction of sp³-hybridized carbons (Fsp3) is 0.125. The van der Waals surface area contributed by atoms with Crippen LogP contribution in [-0.2, 0) is 11.2 Å². The number of anilines is 1. The highest BCUT2D eigenvalue weighted by Gasteiger charge is 2.38. The Morgan fingerprint density at radius 1 is 1.10 bits per heavy atom. The highest BCUT2D eigenvalue weighted by molar-refractivity contribution is 14.1. The molecule has 0 fully saturated rings. The predicted octanol–water partition coefficient (Wildman–Crippen LogP) is 2.95. The molecule has 1 N–H and O–H groups in total. The van der Waals surface area contributed by atoms with E-state index in [9.17, 15) is 14.7 Å². The van der Waals surface area contributed by atoms with Crippen LogP contribution in [0, 0.1) is 3.57 Å². The first-order chi connectivity index (χ1) is 10.1. The monoisotopic (exact) mass is 393 g/mol. The Bertz CT molecular complexity index is 729. The minimum absolute atomic E-state index is 0.266. The maximum Gasteiger partial charge on any atom is 0.327 e. The van der Waals surface area contributed by atoms with Gasteiger partial charge in [-0.1, -0.05) is 30.3 Å². The molecule has 0 saturated heterocycles. The number of hydrogen-bond acceptors (Lipinski definition) is 2. The van der Waals surface area contributed by atoms with Gasteiger partial charge in [0.15, 0.2) is 0 Å². The topological polar surface area (TPSA) is 57.6 Å². The number of carbonyl (C=O) groups excluding carboxylic acids is 1. The first kappa shape index (κ1) is 14.1. The minimum Gasteiger partial charge on any atom is -0.480 e. The van der Waals surface area contributed by atoms with Crippen molar-refractivity contribution in [3.05, 3.63) is 63.2 Å². The third kappa shape index (κ3) is 2.42. The standard InChI is InChI=1S/C16H12INO3/c17-12-7-3-2-6-11(12)15(19)18-13-8-4-1-5-10(13)9-14(18)16(20)21/h1-8,14H,9H2,(H,20,21)/t14-/m0/s1. The van der Waals surface area contributed by atoms with Gasteiger partial charge in [0.05, 0.1) is 5.56 Å². The quantitative estimate of drug-likeness (QED) is 0.799. The third-order valence-corrected chi connectivity index (χ3v) is 4.52. The van der Waals surface area contributed by atoms with E-state index in [4.69, 9.17) is 0 Å². The second-order valence-corrected chi connectivity index (χ2v) is 6.00. The number of carboxylic acid groups (broad SMARTS) is 1. The van der Waals surface area contributed by atoms with Crippen molar-refractivity contribution in [2.45, 2.75) is 12.5 Å². The summed E-state index contributed by atoms with van der Waals surface area (Å²) in [5.41, 5.74) is 2.11. The second-order valence-electron chi connectivity index (χ2n) is 4.84. The molecule has 4 nitrogen and oxygen atoms in total. The van der Waals surface area contributed by atoms with Gasteiger partial charge in [-0.2, -0.15) is 0 Å². The molecule has 0 aromatic heterocycles. The molecule has 1 amide bonds. The van der Waals surface area contributed by atoms with Gasteiger partial charge in [0, 0.05) is 15.7 Å². The maximum absolute atomic E-state index is 12.8. The molecular weight excluding hydrogens is 381 g/mol. The van der Waals surface area contributed by atoms with Crippen LogP contribution in [0.15, 0.2) is 48.5 Å². The van der Waals surface area contributed by atoms with Crippen LogP contribution in [0.3, 0.4) is 0 Å². The van der Waals surface area contributed by atoms with Gasteiger partial charge in [0.1, 0.15) is 6.04 Å². The number of halogens is 1. The summed E-state index contributed by atoms with van der Waals surface area (Å²) in [6.45, 7) is 0. The number of hydrogen-bond donors (Lipinski definition) is 1. The lowest BCUT2D eigenvalue weighted by atomic mass is 10.1. The van der Waals surface area contributed by atoms with Crippen molar-refractivity contribution < 1.29 is 14.7 Å². The third-order valence-electron chi connectivity index (χ3n) is 3.58. The highest BCUT2D eigenvalue weighted by atomic mass is 127. The molecule has 1 heterocycles. The van der Waals surface area contributed by atoms with Gasteiger partial charge in [0.25, 0.3) is 5.91 Å². The van der Waals surface area contributed by atoms with E-state index >= 15 is 0 Å². The Labute approximate surface area is 135 Å². The largest absolute Gasteiger partial charge is 0.480 e. The number of benzene rings is 2. The molecule has 2 aromatic rings. The number of nitrogens with zero attached hydrogens (tertiary/aromatic N) is 1. The Kier molecular flexibility index (Phi) is 3.67. The van der Waals surface area contributed by atoms with Crippen LogP contribution < -0.4 is 4.90 Å². The summed E-state index contributed by atoms with van der Waals surface area (Å²) in [6, 6.07) is 13.7. The number of aliphatic carboxylic acids is 1. The maximum atomic E-state index is 12.8. The average Bonchev–Trinajstić information content (AvgIpc) is 2.86. The smallest absolute Gasteiger partial charge is 0.327 e. The lowest BCUT2D eigenvalue weighted by molar-refractivity contribution is -0.138. The van der Waals surface area contributed by atoms with E-state index in [0.29, 0.717) is 17.7 Å². The molecule has 3 rings (SSSR count). The molecule has 0 spiro atoms. The van der Waals surface area contributed by atoms with Crippen LogP contribution in [0.4, 0.5) is 5.69 Å². The van der Waals surface area contributed by atoms with Crippen LogP contribution in [0.5, 0.6) is 0 Å². The van der Waals surface area contributed by atoms with Gasteiger partial charge in [-0.3, -0.25) is 9.69 Å². The summed E-state index contributed by atoms with van der Waals surface area (Å²) in [5.74, 6) is -1.25. The van der Waals surface area contributed by atoms with Crippen molar-refractivity contribution in [2.75, 3.05) is 4.90 Å². The number of para-hydroxylation sites is 1. The SMILES string of the molecule is O=C(O)[C@@H]1Cc2ccccc2N1C(=O)c1ccccc1I. The molecule has 21 heavy (non-hydrogen) atoms. The van der Waals surface area contributed by atoms with E-state index in [1.807, 2.05) is 30.3 Å². The lowest BCUT2D eigenvalue weighted by Gasteiger charge is -2.23. The Morgan fingerprint density at radius 3 is 2.48 bits per heavy atom. The second kappa shape index (κ2) is 5.48. The van der Waals surface area contributed by atoms with Crippen molar-refractivity contribution in [1.29, 1.82) is 0 Å². The first-order valence-electron chi connectivity index (χ1n) is 6.48. The fourth-order valence-corrected chi connectivity index (χ4v) is 3.22. The molecule has 0 unspecified atom stereocenters. The number of fused-ring (bicyclic) bond motifs is 1. The van der Waals surface area contributed by atoms with E-state index in [0.717, 1.165) is 9.13 Å². The zero-order valence-corrected chi connectivity index (χ0v) is 13.1. The summed E-state index contributed by atoms with van der Waals surface area (Å²) in [6.07, 6.45) is 0.348. The van der Waals surface area contributed by atoms with Gasteiger partial charge in [-0.15, -0.1) is 0 Å².